The van der Waals surface area contributed by atoms with Crippen LogP contribution in [0.25, 0.3) is 11.6 Å². The van der Waals surface area contributed by atoms with Crippen molar-refractivity contribution in [1.29, 1.82) is 5.26 Å². The monoisotopic (exact) mass is 432 g/mol. The summed E-state index contributed by atoms with van der Waals surface area (Å²) in [6.45, 7) is -0.134. The van der Waals surface area contributed by atoms with Gasteiger partial charge >= 0.3 is 0 Å². The van der Waals surface area contributed by atoms with Gasteiger partial charge < -0.3 is 10.1 Å². The second-order valence-corrected chi connectivity index (χ2v) is 6.84. The molecule has 3 rings (SSSR count). The largest absolute Gasteiger partial charge is 0.483 e. The Morgan fingerprint density at radius 2 is 1.71 bits per heavy atom. The molecule has 0 saturated carbocycles. The molecule has 0 aliphatic heterocycles. The molecule has 1 amide bonds. The number of nitrogens with one attached hydrogen (secondary N) is 1. The molecule has 0 atom stereocenters. The van der Waals surface area contributed by atoms with Gasteiger partial charge in [0.2, 0.25) is 0 Å². The van der Waals surface area contributed by atoms with Gasteiger partial charge in [0.05, 0.1) is 11.6 Å². The van der Waals surface area contributed by atoms with Crippen LogP contribution in [0, 0.1) is 11.3 Å². The van der Waals surface area contributed by atoms with Crippen LogP contribution < -0.4 is 10.1 Å². The molecule has 28 heavy (non-hydrogen) atoms. The van der Waals surface area contributed by atoms with E-state index in [1.807, 2.05) is 72.8 Å². The fourth-order valence-corrected chi connectivity index (χ4v) is 2.96. The first kappa shape index (κ1) is 19.4. The lowest BCUT2D eigenvalue weighted by Crippen LogP contribution is -2.20. The van der Waals surface area contributed by atoms with Crippen molar-refractivity contribution in [2.75, 3.05) is 11.9 Å². The van der Waals surface area contributed by atoms with Crippen molar-refractivity contribution in [3.8, 4) is 11.8 Å². The fourth-order valence-electron chi connectivity index (χ4n) is 2.58. The van der Waals surface area contributed by atoms with E-state index < -0.39 is 0 Å². The van der Waals surface area contributed by atoms with Gasteiger partial charge in [0.25, 0.3) is 5.91 Å². The predicted molar refractivity (Wildman–Crippen MR) is 115 cm³/mol. The van der Waals surface area contributed by atoms with Crippen LogP contribution in [-0.4, -0.2) is 12.5 Å². The van der Waals surface area contributed by atoms with Crippen LogP contribution in [0.3, 0.4) is 0 Å². The minimum atomic E-state index is -0.257. The Bertz CT molecular complexity index is 1030. The molecule has 0 aliphatic rings. The molecule has 0 bridgehead atoms. The molecule has 0 saturated heterocycles. The molecular weight excluding hydrogens is 416 g/mol. The van der Waals surface area contributed by atoms with Crippen molar-refractivity contribution >= 4 is 39.2 Å². The highest BCUT2D eigenvalue weighted by atomic mass is 79.9. The molecule has 0 aromatic heterocycles. The Balaban J connectivity index is 1.78. The summed E-state index contributed by atoms with van der Waals surface area (Å²) in [4.78, 5) is 12.2. The molecule has 0 spiro atoms. The number of halogens is 1. The number of nitrogens with zero attached hydrogens (tertiary/aromatic N) is 1. The van der Waals surface area contributed by atoms with Gasteiger partial charge in [-0.3, -0.25) is 4.79 Å². The maximum absolute atomic E-state index is 12.2. The number of carbonyl (C=O) groups excluding carboxylic acids is 1. The summed E-state index contributed by atoms with van der Waals surface area (Å²) >= 11 is 3.44. The van der Waals surface area contributed by atoms with E-state index in [0.717, 1.165) is 10.0 Å². The maximum Gasteiger partial charge on any atom is 0.262 e. The van der Waals surface area contributed by atoms with E-state index in [2.05, 4.69) is 27.3 Å². The summed E-state index contributed by atoms with van der Waals surface area (Å²) in [6, 6.07) is 26.3. The van der Waals surface area contributed by atoms with E-state index in [4.69, 9.17) is 4.74 Å². The van der Waals surface area contributed by atoms with Crippen molar-refractivity contribution in [2.24, 2.45) is 0 Å². The van der Waals surface area contributed by atoms with E-state index >= 15 is 0 Å². The van der Waals surface area contributed by atoms with Crippen molar-refractivity contribution in [3.05, 3.63) is 94.5 Å². The third kappa shape index (κ3) is 5.32. The third-order valence-electron chi connectivity index (χ3n) is 3.89. The number of rotatable bonds is 6. The zero-order valence-corrected chi connectivity index (χ0v) is 16.5. The van der Waals surface area contributed by atoms with Crippen molar-refractivity contribution in [3.63, 3.8) is 0 Å². The highest BCUT2D eigenvalue weighted by molar-refractivity contribution is 9.10. The highest BCUT2D eigenvalue weighted by Gasteiger charge is 2.09. The van der Waals surface area contributed by atoms with E-state index in [9.17, 15) is 10.1 Å². The van der Waals surface area contributed by atoms with Gasteiger partial charge in [-0.15, -0.1) is 0 Å². The van der Waals surface area contributed by atoms with Crippen LogP contribution >= 0.6 is 15.9 Å². The van der Waals surface area contributed by atoms with Gasteiger partial charge in [0.1, 0.15) is 5.75 Å². The maximum atomic E-state index is 12.2. The quantitative estimate of drug-likeness (QED) is 0.411. The summed E-state index contributed by atoms with van der Waals surface area (Å²) in [7, 11) is 0. The number of hydrogen-bond acceptors (Lipinski definition) is 3. The van der Waals surface area contributed by atoms with Crippen molar-refractivity contribution < 1.29 is 9.53 Å². The van der Waals surface area contributed by atoms with E-state index in [1.54, 1.807) is 12.1 Å². The summed E-state index contributed by atoms with van der Waals surface area (Å²) in [6.07, 6.45) is 1.75. The highest BCUT2D eigenvalue weighted by Crippen LogP contribution is 2.28. The Kier molecular flexibility index (Phi) is 6.61. The van der Waals surface area contributed by atoms with Crippen LogP contribution in [0.4, 0.5) is 5.69 Å². The van der Waals surface area contributed by atoms with Crippen molar-refractivity contribution in [2.45, 2.75) is 0 Å². The van der Waals surface area contributed by atoms with E-state index in [1.165, 1.54) is 0 Å². The molecule has 0 aliphatic carbocycles. The topological polar surface area (TPSA) is 62.1 Å². The lowest BCUT2D eigenvalue weighted by molar-refractivity contribution is -0.118. The van der Waals surface area contributed by atoms with E-state index in [-0.39, 0.29) is 12.5 Å². The fraction of sp³-hybridized carbons (Fsp3) is 0.0435. The zero-order chi connectivity index (χ0) is 19.8. The molecule has 3 aromatic rings. The van der Waals surface area contributed by atoms with Crippen LogP contribution in [0.15, 0.2) is 83.3 Å². The molecule has 4 nitrogen and oxygen atoms in total. The van der Waals surface area contributed by atoms with Gasteiger partial charge in [0.15, 0.2) is 6.61 Å². The first-order valence-electron chi connectivity index (χ1n) is 8.60. The first-order chi connectivity index (χ1) is 13.7. The SMILES string of the molecule is N#C/C(=C\c1cc(Br)ccc1OCC(=O)Nc1ccccc1)c1ccccc1. The van der Waals surface area contributed by atoms with E-state index in [0.29, 0.717) is 22.6 Å². The number of carbonyl (C=O) groups is 1. The summed E-state index contributed by atoms with van der Waals surface area (Å²) < 4.78 is 6.57. The minimum Gasteiger partial charge on any atom is -0.483 e. The second-order valence-electron chi connectivity index (χ2n) is 5.92. The zero-order valence-electron chi connectivity index (χ0n) is 14.9. The molecule has 138 valence electrons. The average Bonchev–Trinajstić information content (AvgIpc) is 2.72. The summed E-state index contributed by atoms with van der Waals surface area (Å²) in [5, 5.41) is 12.3. The van der Waals surface area contributed by atoms with Crippen LogP contribution in [0.1, 0.15) is 11.1 Å². The number of nitriles is 1. The van der Waals surface area contributed by atoms with Gasteiger partial charge in [-0.25, -0.2) is 0 Å². The number of allylic oxidation sites excluding steroid dienone is 1. The third-order valence-corrected chi connectivity index (χ3v) is 4.39. The molecule has 0 radical (unpaired) electrons. The first-order valence-corrected chi connectivity index (χ1v) is 9.39. The minimum absolute atomic E-state index is 0.134. The molecule has 5 heteroatoms. The normalized spacial score (nSPS) is 10.8. The molecule has 0 heterocycles. The van der Waals surface area contributed by atoms with Gasteiger partial charge in [0, 0.05) is 15.7 Å². The number of para-hydroxylation sites is 1. The molecule has 1 N–H and O–H groups in total. The predicted octanol–water partition coefficient (Wildman–Crippen LogP) is 5.53. The Morgan fingerprint density at radius 3 is 2.39 bits per heavy atom. The average molecular weight is 433 g/mol. The summed E-state index contributed by atoms with van der Waals surface area (Å²) in [5.74, 6) is 0.266. The lowest BCUT2D eigenvalue weighted by Gasteiger charge is -2.11. The Hall–Kier alpha value is -3.36. The number of hydrogen-bond donors (Lipinski definition) is 1. The second kappa shape index (κ2) is 9.54. The number of ether oxygens (including phenoxy) is 1. The Labute approximate surface area is 172 Å². The Morgan fingerprint density at radius 1 is 1.04 bits per heavy atom. The smallest absolute Gasteiger partial charge is 0.262 e. The lowest BCUT2D eigenvalue weighted by atomic mass is 10.0. The number of benzene rings is 3. The molecular formula is C23H17BrN2O2. The standard InChI is InChI=1S/C23H17BrN2O2/c24-20-11-12-22(28-16-23(27)26-21-9-5-2-6-10-21)18(14-20)13-19(15-25)17-7-3-1-4-8-17/h1-14H,16H2,(H,26,27)/b19-13+. The molecule has 0 unspecified atom stereocenters. The van der Waals surface area contributed by atoms with Gasteiger partial charge in [-0.1, -0.05) is 64.5 Å². The van der Waals surface area contributed by atoms with Crippen LogP contribution in [0.5, 0.6) is 5.75 Å². The number of anilines is 1. The molecule has 3 aromatic carbocycles. The van der Waals surface area contributed by atoms with Gasteiger partial charge in [-0.2, -0.15) is 5.26 Å². The van der Waals surface area contributed by atoms with Crippen LogP contribution in [0.2, 0.25) is 0 Å². The molecule has 0 fully saturated rings. The van der Waals surface area contributed by atoms with Crippen LogP contribution in [-0.2, 0) is 4.79 Å². The summed E-state index contributed by atoms with van der Waals surface area (Å²) in [5.41, 5.74) is 2.75. The van der Waals surface area contributed by atoms with Crippen molar-refractivity contribution in [1.82, 2.24) is 0 Å². The van der Waals surface area contributed by atoms with Gasteiger partial charge in [-0.05, 0) is 42.0 Å². The number of amides is 1.